The monoisotopic (exact) mass is 235 g/mol. The van der Waals surface area contributed by atoms with Gasteiger partial charge in [-0.1, -0.05) is 12.1 Å². The maximum absolute atomic E-state index is 11.5. The Balaban J connectivity index is 2.94. The van der Waals surface area contributed by atoms with Crippen molar-refractivity contribution in [2.24, 2.45) is 0 Å². The van der Waals surface area contributed by atoms with Crippen LogP contribution in [0, 0.1) is 0 Å². The van der Waals surface area contributed by atoms with E-state index >= 15 is 0 Å². The topological polar surface area (TPSA) is 46.6 Å². The van der Waals surface area contributed by atoms with Gasteiger partial charge in [0.05, 0.1) is 13.0 Å². The summed E-state index contributed by atoms with van der Waals surface area (Å²) >= 11 is 0. The van der Waals surface area contributed by atoms with Crippen LogP contribution in [0.4, 0.5) is 5.69 Å². The molecular formula is C13H17NO3. The molecule has 0 unspecified atom stereocenters. The van der Waals surface area contributed by atoms with E-state index in [-0.39, 0.29) is 12.4 Å². The molecule has 1 aromatic carbocycles. The van der Waals surface area contributed by atoms with Crippen LogP contribution in [0.25, 0.3) is 0 Å². The maximum Gasteiger partial charge on any atom is 0.313 e. The third-order valence-corrected chi connectivity index (χ3v) is 2.63. The molecule has 0 radical (unpaired) electrons. The zero-order chi connectivity index (χ0) is 12.8. The molecule has 0 aliphatic carbocycles. The van der Waals surface area contributed by atoms with Gasteiger partial charge in [0, 0.05) is 26.2 Å². The first-order chi connectivity index (χ1) is 8.10. The minimum Gasteiger partial charge on any atom is -0.469 e. The first kappa shape index (κ1) is 13.2. The summed E-state index contributed by atoms with van der Waals surface area (Å²) < 4.78 is 4.69. The minimum absolute atomic E-state index is 0.147. The highest BCUT2D eigenvalue weighted by Crippen LogP contribution is 2.22. The van der Waals surface area contributed by atoms with Crippen molar-refractivity contribution in [2.75, 3.05) is 26.1 Å². The molecule has 4 nitrogen and oxygen atoms in total. The number of nitrogens with zero attached hydrogens (tertiary/aromatic N) is 1. The molecule has 0 amide bonds. The lowest BCUT2D eigenvalue weighted by Crippen LogP contribution is -2.15. The Morgan fingerprint density at radius 2 is 1.94 bits per heavy atom. The number of benzene rings is 1. The summed E-state index contributed by atoms with van der Waals surface area (Å²) in [4.78, 5) is 24.1. The van der Waals surface area contributed by atoms with Crippen molar-refractivity contribution in [3.63, 3.8) is 0 Å². The van der Waals surface area contributed by atoms with E-state index in [9.17, 15) is 9.59 Å². The van der Waals surface area contributed by atoms with Crippen molar-refractivity contribution in [1.82, 2.24) is 0 Å². The fraction of sp³-hybridized carbons (Fsp3) is 0.385. The zero-order valence-electron chi connectivity index (χ0n) is 10.3. The van der Waals surface area contributed by atoms with Gasteiger partial charge in [-0.25, -0.2) is 0 Å². The van der Waals surface area contributed by atoms with Gasteiger partial charge in [-0.3, -0.25) is 4.79 Å². The smallest absolute Gasteiger partial charge is 0.313 e. The first-order valence-electron chi connectivity index (χ1n) is 5.39. The van der Waals surface area contributed by atoms with Gasteiger partial charge in [0.1, 0.15) is 6.29 Å². The summed E-state index contributed by atoms with van der Waals surface area (Å²) in [5.74, 6) is -0.886. The molecule has 0 fully saturated rings. The molecule has 0 saturated carbocycles. The molecular weight excluding hydrogens is 218 g/mol. The number of hydrogen-bond acceptors (Lipinski definition) is 4. The Hall–Kier alpha value is -1.84. The molecule has 0 aliphatic rings. The summed E-state index contributed by atoms with van der Waals surface area (Å²) in [5, 5.41) is 0. The number of esters is 1. The number of rotatable bonds is 5. The van der Waals surface area contributed by atoms with Gasteiger partial charge >= 0.3 is 5.97 Å². The molecule has 1 aromatic rings. The van der Waals surface area contributed by atoms with Crippen LogP contribution < -0.4 is 4.90 Å². The number of carbonyl (C=O) groups is 2. The van der Waals surface area contributed by atoms with E-state index in [2.05, 4.69) is 4.74 Å². The van der Waals surface area contributed by atoms with Crippen LogP contribution in [-0.4, -0.2) is 33.5 Å². The van der Waals surface area contributed by atoms with Crippen molar-refractivity contribution in [3.05, 3.63) is 29.8 Å². The van der Waals surface area contributed by atoms with E-state index in [0.29, 0.717) is 0 Å². The third kappa shape index (κ3) is 3.31. The van der Waals surface area contributed by atoms with Crippen LogP contribution >= 0.6 is 0 Å². The Kier molecular flexibility index (Phi) is 4.69. The minimum atomic E-state index is -0.506. The molecule has 4 heteroatoms. The van der Waals surface area contributed by atoms with Gasteiger partial charge in [0.25, 0.3) is 0 Å². The van der Waals surface area contributed by atoms with E-state index in [1.165, 1.54) is 7.11 Å². The largest absolute Gasteiger partial charge is 0.469 e. The van der Waals surface area contributed by atoms with E-state index in [1.807, 2.05) is 43.3 Å². The van der Waals surface area contributed by atoms with Gasteiger partial charge in [-0.15, -0.1) is 0 Å². The van der Waals surface area contributed by atoms with Crippen molar-refractivity contribution < 1.29 is 14.3 Å². The summed E-state index contributed by atoms with van der Waals surface area (Å²) in [7, 11) is 5.21. The molecule has 0 saturated heterocycles. The fourth-order valence-corrected chi connectivity index (χ4v) is 1.61. The molecule has 0 heterocycles. The van der Waals surface area contributed by atoms with Gasteiger partial charge in [0.2, 0.25) is 0 Å². The molecule has 1 atom stereocenters. The van der Waals surface area contributed by atoms with Gasteiger partial charge < -0.3 is 14.4 Å². The van der Waals surface area contributed by atoms with Crippen LogP contribution in [0.5, 0.6) is 0 Å². The maximum atomic E-state index is 11.5. The molecule has 1 rings (SSSR count). The summed E-state index contributed by atoms with van der Waals surface area (Å²) in [6.07, 6.45) is 0.884. The number of aldehydes is 1. The lowest BCUT2D eigenvalue weighted by Gasteiger charge is -2.15. The van der Waals surface area contributed by atoms with Gasteiger partial charge in [-0.2, -0.15) is 0 Å². The molecule has 92 valence electrons. The molecule has 17 heavy (non-hydrogen) atoms. The van der Waals surface area contributed by atoms with Crippen molar-refractivity contribution >= 4 is 17.9 Å². The van der Waals surface area contributed by atoms with Crippen LogP contribution in [0.15, 0.2) is 24.3 Å². The molecule has 0 aromatic heterocycles. The van der Waals surface area contributed by atoms with Gasteiger partial charge in [0.15, 0.2) is 0 Å². The standard InChI is InChI=1S/C13H17NO3/c1-14(2)11-6-4-10(5-7-11)12(8-9-15)13(16)17-3/h4-7,9,12H,8H2,1-3H3/t12-/m1/s1. The Morgan fingerprint density at radius 3 is 2.35 bits per heavy atom. The lowest BCUT2D eigenvalue weighted by molar-refractivity contribution is -0.143. The quantitative estimate of drug-likeness (QED) is 0.574. The summed E-state index contributed by atoms with van der Waals surface area (Å²) in [5.41, 5.74) is 1.85. The molecule has 0 bridgehead atoms. The highest BCUT2D eigenvalue weighted by molar-refractivity contribution is 5.81. The van der Waals surface area contributed by atoms with Crippen LogP contribution in [-0.2, 0) is 14.3 Å². The van der Waals surface area contributed by atoms with Crippen LogP contribution in [0.2, 0.25) is 0 Å². The van der Waals surface area contributed by atoms with E-state index in [0.717, 1.165) is 17.5 Å². The predicted octanol–water partition coefficient (Wildman–Crippen LogP) is 1.60. The first-order valence-corrected chi connectivity index (χ1v) is 5.39. The second kappa shape index (κ2) is 6.03. The second-order valence-corrected chi connectivity index (χ2v) is 3.96. The average Bonchev–Trinajstić information content (AvgIpc) is 2.35. The molecule has 0 aliphatic heterocycles. The molecule has 0 spiro atoms. The number of carbonyl (C=O) groups excluding carboxylic acids is 2. The van der Waals surface area contributed by atoms with E-state index in [4.69, 9.17) is 0 Å². The Bertz CT molecular complexity index is 384. The Morgan fingerprint density at radius 1 is 1.35 bits per heavy atom. The van der Waals surface area contributed by atoms with E-state index < -0.39 is 5.92 Å². The van der Waals surface area contributed by atoms with E-state index in [1.54, 1.807) is 0 Å². The Labute approximate surface area is 101 Å². The number of ether oxygens (including phenoxy) is 1. The summed E-state index contributed by atoms with van der Waals surface area (Å²) in [6, 6.07) is 7.52. The zero-order valence-corrected chi connectivity index (χ0v) is 10.3. The fourth-order valence-electron chi connectivity index (χ4n) is 1.61. The highest BCUT2D eigenvalue weighted by atomic mass is 16.5. The highest BCUT2D eigenvalue weighted by Gasteiger charge is 2.20. The normalized spacial score (nSPS) is 11.7. The van der Waals surface area contributed by atoms with Crippen molar-refractivity contribution in [3.8, 4) is 0 Å². The number of hydrogen-bond donors (Lipinski definition) is 0. The molecule has 0 N–H and O–H groups in total. The van der Waals surface area contributed by atoms with Crippen molar-refractivity contribution in [2.45, 2.75) is 12.3 Å². The SMILES string of the molecule is COC(=O)[C@H](CC=O)c1ccc(N(C)C)cc1. The second-order valence-electron chi connectivity index (χ2n) is 3.96. The summed E-state index contributed by atoms with van der Waals surface area (Å²) in [6.45, 7) is 0. The van der Waals surface area contributed by atoms with Gasteiger partial charge in [-0.05, 0) is 17.7 Å². The lowest BCUT2D eigenvalue weighted by atomic mass is 9.96. The van der Waals surface area contributed by atoms with Crippen LogP contribution in [0.3, 0.4) is 0 Å². The third-order valence-electron chi connectivity index (χ3n) is 2.63. The van der Waals surface area contributed by atoms with Crippen LogP contribution in [0.1, 0.15) is 17.9 Å². The van der Waals surface area contributed by atoms with Crippen molar-refractivity contribution in [1.29, 1.82) is 0 Å². The number of methoxy groups -OCH3 is 1. The average molecular weight is 235 g/mol. The predicted molar refractivity (Wildman–Crippen MR) is 66.2 cm³/mol. The number of anilines is 1.